The summed E-state index contributed by atoms with van der Waals surface area (Å²) in [5, 5.41) is 22.1. The number of non-ortho nitro benzene ring substituents is 1. The van der Waals surface area contributed by atoms with Gasteiger partial charge in [0.2, 0.25) is 5.13 Å². The summed E-state index contributed by atoms with van der Waals surface area (Å²) in [6.07, 6.45) is 0. The van der Waals surface area contributed by atoms with E-state index in [1.54, 1.807) is 25.1 Å². The monoisotopic (exact) mass is 330 g/mol. The number of aryl methyl sites for hydroxylation is 1. The molecule has 0 radical (unpaired) electrons. The van der Waals surface area contributed by atoms with Gasteiger partial charge in [0.1, 0.15) is 10.8 Å². The molecule has 0 unspecified atom stereocenters. The molecule has 0 saturated carbocycles. The Bertz CT molecular complexity index is 886. The third-order valence-electron chi connectivity index (χ3n) is 2.92. The van der Waals surface area contributed by atoms with Gasteiger partial charge in [-0.1, -0.05) is 23.5 Å². The Morgan fingerprint density at radius 3 is 2.83 bits per heavy atom. The van der Waals surface area contributed by atoms with Gasteiger partial charge in [0, 0.05) is 17.7 Å². The molecule has 0 spiro atoms. The van der Waals surface area contributed by atoms with Crippen molar-refractivity contribution in [1.82, 2.24) is 10.2 Å². The fraction of sp³-hybridized carbons (Fsp3) is 0.0714. The number of aromatic nitrogens is 2. The van der Waals surface area contributed by atoms with Gasteiger partial charge in [-0.25, -0.2) is 0 Å². The quantitative estimate of drug-likeness (QED) is 0.580. The van der Waals surface area contributed by atoms with Crippen LogP contribution < -0.4 is 5.32 Å². The van der Waals surface area contributed by atoms with Crippen molar-refractivity contribution in [2.24, 2.45) is 0 Å². The van der Waals surface area contributed by atoms with Crippen molar-refractivity contribution in [3.05, 3.63) is 57.3 Å². The molecule has 8 nitrogen and oxygen atoms in total. The number of anilines is 1. The minimum Gasteiger partial charge on any atom is -0.451 e. The van der Waals surface area contributed by atoms with Crippen molar-refractivity contribution in [2.75, 3.05) is 5.32 Å². The maximum absolute atomic E-state index is 12.1. The maximum Gasteiger partial charge on any atom is 0.293 e. The molecule has 0 saturated heterocycles. The highest BCUT2D eigenvalue weighted by Crippen LogP contribution is 2.26. The van der Waals surface area contributed by atoms with Crippen molar-refractivity contribution in [1.29, 1.82) is 0 Å². The minimum absolute atomic E-state index is 0.0470. The molecule has 0 aliphatic rings. The number of carbonyl (C=O) groups is 1. The fourth-order valence-corrected chi connectivity index (χ4v) is 2.48. The van der Waals surface area contributed by atoms with Crippen LogP contribution in [-0.4, -0.2) is 21.0 Å². The third kappa shape index (κ3) is 3.24. The smallest absolute Gasteiger partial charge is 0.293 e. The Hall–Kier alpha value is -3.07. The predicted molar refractivity (Wildman–Crippen MR) is 83.4 cm³/mol. The number of nitrogens with one attached hydrogen (secondary N) is 1. The molecule has 0 atom stereocenters. The first-order valence-electron chi connectivity index (χ1n) is 6.49. The second-order valence-corrected chi connectivity index (χ2v) is 5.73. The summed E-state index contributed by atoms with van der Waals surface area (Å²) < 4.78 is 5.47. The van der Waals surface area contributed by atoms with Gasteiger partial charge in [0.05, 0.1) is 4.92 Å². The van der Waals surface area contributed by atoms with Crippen LogP contribution in [0.4, 0.5) is 10.8 Å². The normalized spacial score (nSPS) is 10.5. The number of benzene rings is 1. The molecule has 2 aromatic heterocycles. The third-order valence-corrected chi connectivity index (χ3v) is 3.67. The van der Waals surface area contributed by atoms with Crippen LogP contribution in [0.25, 0.3) is 11.3 Å². The number of furan rings is 1. The highest BCUT2D eigenvalue weighted by Gasteiger charge is 2.15. The fourth-order valence-electron chi connectivity index (χ4n) is 1.89. The van der Waals surface area contributed by atoms with E-state index in [0.29, 0.717) is 16.5 Å². The summed E-state index contributed by atoms with van der Waals surface area (Å²) in [6.45, 7) is 1.78. The molecule has 0 aliphatic carbocycles. The standard InChI is InChI=1S/C14H10N4O4S/c1-8-16-17-14(23-8)15-13(19)12-6-5-11(22-12)9-3-2-4-10(7-9)18(20)21/h2-7H,1H3,(H,15,17,19). The first-order valence-corrected chi connectivity index (χ1v) is 7.31. The largest absolute Gasteiger partial charge is 0.451 e. The molecule has 0 aliphatic heterocycles. The van der Waals surface area contributed by atoms with Crippen molar-refractivity contribution < 1.29 is 14.1 Å². The van der Waals surface area contributed by atoms with E-state index in [1.807, 2.05) is 0 Å². The van der Waals surface area contributed by atoms with Gasteiger partial charge in [-0.2, -0.15) is 0 Å². The Labute approximate surface area is 133 Å². The lowest BCUT2D eigenvalue weighted by atomic mass is 10.1. The lowest BCUT2D eigenvalue weighted by Gasteiger charge is -1.98. The summed E-state index contributed by atoms with van der Waals surface area (Å²) in [5.41, 5.74) is 0.472. The molecule has 116 valence electrons. The van der Waals surface area contributed by atoms with E-state index in [1.165, 1.54) is 29.5 Å². The van der Waals surface area contributed by atoms with Gasteiger partial charge in [-0.3, -0.25) is 20.2 Å². The second-order valence-electron chi connectivity index (χ2n) is 4.55. The van der Waals surface area contributed by atoms with E-state index >= 15 is 0 Å². The molecule has 0 fully saturated rings. The van der Waals surface area contributed by atoms with E-state index in [-0.39, 0.29) is 11.4 Å². The number of nitrogens with zero attached hydrogens (tertiary/aromatic N) is 3. The average Bonchev–Trinajstić information content (AvgIpc) is 3.16. The predicted octanol–water partition coefficient (Wildman–Crippen LogP) is 3.27. The Morgan fingerprint density at radius 1 is 1.30 bits per heavy atom. The molecule has 3 aromatic rings. The molecular weight excluding hydrogens is 320 g/mol. The van der Waals surface area contributed by atoms with Crippen molar-refractivity contribution in [3.63, 3.8) is 0 Å². The summed E-state index contributed by atoms with van der Waals surface area (Å²) in [7, 11) is 0. The van der Waals surface area contributed by atoms with Crippen LogP contribution in [0, 0.1) is 17.0 Å². The van der Waals surface area contributed by atoms with Gasteiger partial charge < -0.3 is 4.42 Å². The van der Waals surface area contributed by atoms with E-state index in [4.69, 9.17) is 4.42 Å². The van der Waals surface area contributed by atoms with Crippen LogP contribution in [0.15, 0.2) is 40.8 Å². The van der Waals surface area contributed by atoms with Gasteiger partial charge >= 0.3 is 0 Å². The van der Waals surface area contributed by atoms with Gasteiger partial charge in [-0.05, 0) is 19.1 Å². The Morgan fingerprint density at radius 2 is 2.13 bits per heavy atom. The van der Waals surface area contributed by atoms with Gasteiger partial charge in [0.25, 0.3) is 11.6 Å². The van der Waals surface area contributed by atoms with Gasteiger partial charge in [0.15, 0.2) is 5.76 Å². The summed E-state index contributed by atoms with van der Waals surface area (Å²) in [6, 6.07) is 9.07. The number of carbonyl (C=O) groups excluding carboxylic acids is 1. The first kappa shape index (κ1) is 14.9. The second kappa shape index (κ2) is 5.97. The molecular formula is C14H10N4O4S. The van der Waals surface area contributed by atoms with E-state index < -0.39 is 10.8 Å². The maximum atomic E-state index is 12.1. The van der Waals surface area contributed by atoms with Crippen LogP contribution in [-0.2, 0) is 0 Å². The molecule has 3 rings (SSSR count). The molecule has 23 heavy (non-hydrogen) atoms. The number of amides is 1. The van der Waals surface area contributed by atoms with Crippen molar-refractivity contribution in [2.45, 2.75) is 6.92 Å². The van der Waals surface area contributed by atoms with E-state index in [0.717, 1.165) is 5.01 Å². The van der Waals surface area contributed by atoms with Crippen LogP contribution in [0.3, 0.4) is 0 Å². The summed E-state index contributed by atoms with van der Waals surface area (Å²) in [5.74, 6) is -0.00974. The highest BCUT2D eigenvalue weighted by molar-refractivity contribution is 7.15. The summed E-state index contributed by atoms with van der Waals surface area (Å²) in [4.78, 5) is 22.4. The zero-order chi connectivity index (χ0) is 16.4. The molecule has 0 bridgehead atoms. The first-order chi connectivity index (χ1) is 11.0. The van der Waals surface area contributed by atoms with Gasteiger partial charge in [-0.15, -0.1) is 10.2 Å². The lowest BCUT2D eigenvalue weighted by Crippen LogP contribution is -2.10. The number of rotatable bonds is 4. The zero-order valence-corrected chi connectivity index (χ0v) is 12.7. The van der Waals surface area contributed by atoms with E-state index in [2.05, 4.69) is 15.5 Å². The molecule has 1 N–H and O–H groups in total. The number of nitro benzene ring substituents is 1. The Balaban J connectivity index is 1.81. The summed E-state index contributed by atoms with van der Waals surface area (Å²) >= 11 is 1.25. The van der Waals surface area contributed by atoms with Crippen LogP contribution in [0.2, 0.25) is 0 Å². The topological polar surface area (TPSA) is 111 Å². The minimum atomic E-state index is -0.488. The van der Waals surface area contributed by atoms with Crippen LogP contribution >= 0.6 is 11.3 Å². The lowest BCUT2D eigenvalue weighted by molar-refractivity contribution is -0.384. The van der Waals surface area contributed by atoms with Crippen LogP contribution in [0.1, 0.15) is 15.6 Å². The molecule has 9 heteroatoms. The SMILES string of the molecule is Cc1nnc(NC(=O)c2ccc(-c3cccc([N+](=O)[O-])c3)o2)s1. The highest BCUT2D eigenvalue weighted by atomic mass is 32.1. The zero-order valence-electron chi connectivity index (χ0n) is 11.8. The number of hydrogen-bond donors (Lipinski definition) is 1. The Kier molecular flexibility index (Phi) is 3.85. The van der Waals surface area contributed by atoms with Crippen molar-refractivity contribution in [3.8, 4) is 11.3 Å². The van der Waals surface area contributed by atoms with Crippen molar-refractivity contribution >= 4 is 28.1 Å². The number of hydrogen-bond acceptors (Lipinski definition) is 7. The molecule has 1 amide bonds. The molecule has 1 aromatic carbocycles. The number of nitro groups is 1. The van der Waals surface area contributed by atoms with Crippen LogP contribution in [0.5, 0.6) is 0 Å². The van der Waals surface area contributed by atoms with E-state index in [9.17, 15) is 14.9 Å². The molecule has 2 heterocycles. The average molecular weight is 330 g/mol.